The van der Waals surface area contributed by atoms with Gasteiger partial charge in [0.2, 0.25) is 0 Å². The number of hydrogen-bond donors (Lipinski definition) is 2. The molecule has 0 atom stereocenters. The summed E-state index contributed by atoms with van der Waals surface area (Å²) in [5, 5.41) is 0. The standard InChI is InChI=1S/2C6H16O2Si.C5H5.ClH.Zr/c2*1-6(2,3)8-9(4,5)7;1-2-4-5-3-1;;/h2*7H,1-5H3;1-3H,4H2;1H;/q;;-1;;. The molecule has 0 aliphatic heterocycles. The van der Waals surface area contributed by atoms with E-state index in [2.05, 4.69) is 12.2 Å². The Hall–Kier alpha value is 0.927. The van der Waals surface area contributed by atoms with Gasteiger partial charge in [-0.1, -0.05) is 0 Å². The van der Waals surface area contributed by atoms with Gasteiger partial charge in [0.25, 0.3) is 0 Å². The molecule has 0 radical (unpaired) electrons. The molecular formula is C17H38ClO4Si2Zr-. The molecule has 1 aliphatic carbocycles. The zero-order chi connectivity index (χ0) is 18.9. The van der Waals surface area contributed by atoms with Crippen LogP contribution in [0.4, 0.5) is 0 Å². The summed E-state index contributed by atoms with van der Waals surface area (Å²) in [6.45, 7) is 18.7. The van der Waals surface area contributed by atoms with Gasteiger partial charge in [0.1, 0.15) is 0 Å². The third-order valence-corrected chi connectivity index (χ3v) is 3.92. The molecule has 0 amide bonds. The quantitative estimate of drug-likeness (QED) is 0.436. The Morgan fingerprint density at radius 1 is 0.840 bits per heavy atom. The van der Waals surface area contributed by atoms with Crippen molar-refractivity contribution in [2.45, 2.75) is 85.4 Å². The van der Waals surface area contributed by atoms with E-state index in [9.17, 15) is 9.59 Å². The number of allylic oxidation sites excluding steroid dienone is 4. The molecule has 25 heavy (non-hydrogen) atoms. The second-order valence-corrected chi connectivity index (χ2v) is 14.5. The van der Waals surface area contributed by atoms with E-state index in [0.717, 1.165) is 6.42 Å². The molecule has 150 valence electrons. The molecule has 0 unspecified atom stereocenters. The topological polar surface area (TPSA) is 58.9 Å². The molecule has 0 aromatic carbocycles. The molecule has 0 saturated heterocycles. The predicted octanol–water partition coefficient (Wildman–Crippen LogP) is 4.72. The monoisotopic (exact) mass is 487 g/mol. The molecule has 0 saturated carbocycles. The maximum Gasteiger partial charge on any atom is 0.329 e. The van der Waals surface area contributed by atoms with Crippen molar-refractivity contribution in [3.05, 3.63) is 24.3 Å². The smallest absolute Gasteiger partial charge is 0.329 e. The van der Waals surface area contributed by atoms with Gasteiger partial charge in [0, 0.05) is 26.2 Å². The second-order valence-electron chi connectivity index (χ2n) is 8.33. The summed E-state index contributed by atoms with van der Waals surface area (Å²) in [6.07, 6.45) is 10.0. The van der Waals surface area contributed by atoms with Crippen LogP contribution >= 0.6 is 12.4 Å². The molecular weight excluding hydrogens is 451 g/mol. The van der Waals surface area contributed by atoms with Gasteiger partial charge in [-0.3, -0.25) is 6.08 Å². The summed E-state index contributed by atoms with van der Waals surface area (Å²) in [5.74, 6) is 0. The molecule has 2 N–H and O–H groups in total. The third-order valence-electron chi connectivity index (χ3n) is 1.70. The minimum Gasteiger partial charge on any atom is -0.411 e. The number of halogens is 1. The first-order valence-electron chi connectivity index (χ1n) is 7.98. The van der Waals surface area contributed by atoms with E-state index < -0.39 is 17.1 Å². The van der Waals surface area contributed by atoms with Crippen LogP contribution in [0.1, 0.15) is 48.0 Å². The Morgan fingerprint density at radius 3 is 1.20 bits per heavy atom. The van der Waals surface area contributed by atoms with Crippen LogP contribution in [0.5, 0.6) is 0 Å². The average Bonchev–Trinajstić information content (AvgIpc) is 2.60. The van der Waals surface area contributed by atoms with E-state index in [1.807, 2.05) is 53.7 Å². The predicted molar refractivity (Wildman–Crippen MR) is 110 cm³/mol. The Morgan fingerprint density at radius 2 is 1.16 bits per heavy atom. The van der Waals surface area contributed by atoms with Crippen LogP contribution in [0.3, 0.4) is 0 Å². The largest absolute Gasteiger partial charge is 0.411 e. The van der Waals surface area contributed by atoms with Gasteiger partial charge in [-0.15, -0.1) is 18.8 Å². The van der Waals surface area contributed by atoms with E-state index in [4.69, 9.17) is 8.85 Å². The summed E-state index contributed by atoms with van der Waals surface area (Å²) in [4.78, 5) is 18.5. The fraction of sp³-hybridized carbons (Fsp3) is 0.765. The SMILES string of the molecule is CC(C)(C)O[Si](C)(C)O.CC(C)(C)O[Si](C)(C)O.Cl.[C-]1=CC=CC1.[Zr]. The Labute approximate surface area is 183 Å². The second kappa shape index (κ2) is 14.0. The van der Waals surface area contributed by atoms with Crippen molar-refractivity contribution in [2.24, 2.45) is 0 Å². The van der Waals surface area contributed by atoms with Crippen LogP contribution in [0.25, 0.3) is 0 Å². The van der Waals surface area contributed by atoms with Crippen molar-refractivity contribution in [1.29, 1.82) is 0 Å². The molecule has 4 nitrogen and oxygen atoms in total. The number of rotatable bonds is 2. The van der Waals surface area contributed by atoms with Crippen LogP contribution in [0.2, 0.25) is 26.2 Å². The van der Waals surface area contributed by atoms with E-state index >= 15 is 0 Å². The van der Waals surface area contributed by atoms with Crippen LogP contribution in [-0.2, 0) is 35.1 Å². The maximum absolute atomic E-state index is 9.27. The summed E-state index contributed by atoms with van der Waals surface area (Å²) in [5.41, 5.74) is -0.408. The zero-order valence-electron chi connectivity index (χ0n) is 17.6. The van der Waals surface area contributed by atoms with Crippen LogP contribution in [-0.4, -0.2) is 37.9 Å². The summed E-state index contributed by atoms with van der Waals surface area (Å²) in [7, 11) is -4.59. The number of hydrogen-bond acceptors (Lipinski definition) is 4. The third kappa shape index (κ3) is 40.8. The molecule has 0 aromatic heterocycles. The van der Waals surface area contributed by atoms with Crippen molar-refractivity contribution in [3.8, 4) is 0 Å². The first kappa shape index (κ1) is 33.5. The van der Waals surface area contributed by atoms with Gasteiger partial charge in [-0.05, 0) is 67.7 Å². The van der Waals surface area contributed by atoms with Crippen molar-refractivity contribution in [3.63, 3.8) is 0 Å². The molecule has 1 rings (SSSR count). The molecule has 1 aliphatic rings. The van der Waals surface area contributed by atoms with Gasteiger partial charge in [-0.25, -0.2) is 12.2 Å². The van der Waals surface area contributed by atoms with Gasteiger partial charge in [0.15, 0.2) is 0 Å². The van der Waals surface area contributed by atoms with Crippen molar-refractivity contribution < 1.29 is 44.6 Å². The van der Waals surface area contributed by atoms with Gasteiger partial charge in [0.05, 0.1) is 11.2 Å². The molecule has 0 heterocycles. The summed E-state index contributed by atoms with van der Waals surface area (Å²) in [6, 6.07) is 0. The molecule has 0 fully saturated rings. The minimum atomic E-state index is -2.29. The van der Waals surface area contributed by atoms with Crippen molar-refractivity contribution in [2.75, 3.05) is 0 Å². The first-order chi connectivity index (χ1) is 9.91. The average molecular weight is 489 g/mol. The Bertz CT molecular complexity index is 316. The Kier molecular flexibility index (Phi) is 18.8. The fourth-order valence-electron chi connectivity index (χ4n) is 1.84. The van der Waals surface area contributed by atoms with E-state index in [0.29, 0.717) is 0 Å². The fourth-order valence-corrected chi connectivity index (χ4v) is 4.84. The van der Waals surface area contributed by atoms with E-state index in [1.54, 1.807) is 26.2 Å². The van der Waals surface area contributed by atoms with Gasteiger partial charge < -0.3 is 18.4 Å². The first-order valence-corrected chi connectivity index (χ1v) is 13.7. The summed E-state index contributed by atoms with van der Waals surface area (Å²) >= 11 is 0. The van der Waals surface area contributed by atoms with Gasteiger partial charge in [-0.2, -0.15) is 6.08 Å². The molecule has 8 heteroatoms. The van der Waals surface area contributed by atoms with Crippen LogP contribution in [0, 0.1) is 6.08 Å². The van der Waals surface area contributed by atoms with E-state index in [1.165, 1.54) is 0 Å². The maximum atomic E-state index is 9.27. The molecule has 0 bridgehead atoms. The van der Waals surface area contributed by atoms with Crippen molar-refractivity contribution in [1.82, 2.24) is 0 Å². The summed E-state index contributed by atoms with van der Waals surface area (Å²) < 4.78 is 10.6. The molecule has 0 aromatic rings. The van der Waals surface area contributed by atoms with Crippen LogP contribution in [0.15, 0.2) is 18.2 Å². The van der Waals surface area contributed by atoms with Gasteiger partial charge >= 0.3 is 17.1 Å². The minimum absolute atomic E-state index is 0. The van der Waals surface area contributed by atoms with Crippen LogP contribution < -0.4 is 0 Å². The van der Waals surface area contributed by atoms with E-state index in [-0.39, 0.29) is 49.8 Å². The zero-order valence-corrected chi connectivity index (χ0v) is 22.8. The normalized spacial score (nSPS) is 13.6. The Balaban J connectivity index is -0.000000131. The van der Waals surface area contributed by atoms with Crippen molar-refractivity contribution >= 4 is 29.5 Å². The molecule has 0 spiro atoms.